The Morgan fingerprint density at radius 3 is 2.70 bits per heavy atom. The summed E-state index contributed by atoms with van der Waals surface area (Å²) in [5.41, 5.74) is 2.68. The second kappa shape index (κ2) is 5.06. The van der Waals surface area contributed by atoms with Crippen molar-refractivity contribution in [1.29, 1.82) is 0 Å². The van der Waals surface area contributed by atoms with E-state index >= 15 is 0 Å². The van der Waals surface area contributed by atoms with E-state index in [1.165, 1.54) is 19.8 Å². The number of thiophene rings is 1. The third-order valence-electron chi connectivity index (χ3n) is 3.74. The Balaban J connectivity index is 1.80. The van der Waals surface area contributed by atoms with Crippen LogP contribution in [-0.4, -0.2) is 19.8 Å². The highest BCUT2D eigenvalue weighted by molar-refractivity contribution is 9.11. The highest BCUT2D eigenvalue weighted by atomic mass is 79.9. The highest BCUT2D eigenvalue weighted by Gasteiger charge is 2.26. The maximum absolute atomic E-state index is 5.72. The number of nitrogens with one attached hydrogen (secondary N) is 1. The second-order valence-electron chi connectivity index (χ2n) is 4.97. The molecule has 1 aromatic heterocycles. The van der Waals surface area contributed by atoms with Crippen molar-refractivity contribution >= 4 is 27.3 Å². The monoisotopic (exact) mass is 351 g/mol. The van der Waals surface area contributed by atoms with Gasteiger partial charge in [0, 0.05) is 11.4 Å². The first-order valence-electron chi connectivity index (χ1n) is 6.72. The van der Waals surface area contributed by atoms with Gasteiger partial charge in [0.05, 0.1) is 9.83 Å². The van der Waals surface area contributed by atoms with Gasteiger partial charge < -0.3 is 14.8 Å². The van der Waals surface area contributed by atoms with Gasteiger partial charge in [-0.3, -0.25) is 0 Å². The van der Waals surface area contributed by atoms with Gasteiger partial charge in [-0.05, 0) is 57.7 Å². The average molecular weight is 352 g/mol. The van der Waals surface area contributed by atoms with E-state index in [1.807, 2.05) is 0 Å². The van der Waals surface area contributed by atoms with Crippen molar-refractivity contribution in [3.05, 3.63) is 44.1 Å². The summed E-state index contributed by atoms with van der Waals surface area (Å²) in [6.45, 7) is 2.27. The minimum atomic E-state index is 0.255. The lowest BCUT2D eigenvalue weighted by atomic mass is 9.92. The molecule has 1 unspecified atom stereocenters. The molecule has 5 heteroatoms. The zero-order chi connectivity index (χ0) is 13.5. The Morgan fingerprint density at radius 1 is 1.15 bits per heavy atom. The Hall–Kier alpha value is -1.04. The second-order valence-corrected chi connectivity index (χ2v) is 7.47. The molecule has 1 atom stereocenters. The van der Waals surface area contributed by atoms with E-state index in [4.69, 9.17) is 9.47 Å². The topological polar surface area (TPSA) is 30.5 Å². The molecule has 0 amide bonds. The van der Waals surface area contributed by atoms with E-state index < -0.39 is 0 Å². The van der Waals surface area contributed by atoms with Gasteiger partial charge in [-0.1, -0.05) is 0 Å². The molecule has 0 saturated carbocycles. The Kier molecular flexibility index (Phi) is 3.21. The molecule has 0 fully saturated rings. The lowest BCUT2D eigenvalue weighted by Crippen LogP contribution is -2.30. The van der Waals surface area contributed by atoms with Crippen LogP contribution in [0.25, 0.3) is 0 Å². The standard InChI is InChI=1S/C15H14BrNO2S/c16-14-2-1-13(20-14)15-10-8-12-11(18-5-6-19-12)7-9(10)3-4-17-15/h1-2,7-8,15,17H,3-6H2. The van der Waals surface area contributed by atoms with E-state index in [0.717, 1.165) is 24.5 Å². The summed E-state index contributed by atoms with van der Waals surface area (Å²) in [6, 6.07) is 8.84. The number of hydrogen-bond acceptors (Lipinski definition) is 4. The molecule has 1 aromatic carbocycles. The molecule has 2 aliphatic rings. The van der Waals surface area contributed by atoms with Crippen molar-refractivity contribution in [3.63, 3.8) is 0 Å². The first-order chi connectivity index (χ1) is 9.81. The van der Waals surface area contributed by atoms with Crippen LogP contribution in [-0.2, 0) is 6.42 Å². The lowest BCUT2D eigenvalue weighted by Gasteiger charge is -2.29. The molecule has 0 bridgehead atoms. The van der Waals surface area contributed by atoms with Gasteiger partial charge in [0.2, 0.25) is 0 Å². The molecule has 2 aliphatic heterocycles. The van der Waals surface area contributed by atoms with Gasteiger partial charge >= 0.3 is 0 Å². The van der Waals surface area contributed by atoms with Crippen LogP contribution in [0.2, 0.25) is 0 Å². The fraction of sp³-hybridized carbons (Fsp3) is 0.333. The first-order valence-corrected chi connectivity index (χ1v) is 8.33. The summed E-state index contributed by atoms with van der Waals surface area (Å²) in [6.07, 6.45) is 1.04. The van der Waals surface area contributed by atoms with Gasteiger partial charge in [-0.2, -0.15) is 0 Å². The SMILES string of the molecule is Brc1ccc(C2NCCc3cc4c(cc32)OCCO4)s1. The van der Waals surface area contributed by atoms with Crippen molar-refractivity contribution in [2.75, 3.05) is 19.8 Å². The zero-order valence-electron chi connectivity index (χ0n) is 10.8. The molecule has 0 spiro atoms. The summed E-state index contributed by atoms with van der Waals surface area (Å²) < 4.78 is 12.6. The fourth-order valence-corrected chi connectivity index (χ4v) is 4.35. The van der Waals surface area contributed by atoms with E-state index in [0.29, 0.717) is 13.2 Å². The molecule has 0 radical (unpaired) electrons. The van der Waals surface area contributed by atoms with Crippen LogP contribution in [0.3, 0.4) is 0 Å². The van der Waals surface area contributed by atoms with Gasteiger partial charge in [0.25, 0.3) is 0 Å². The van der Waals surface area contributed by atoms with Crippen LogP contribution < -0.4 is 14.8 Å². The minimum absolute atomic E-state index is 0.255. The quantitative estimate of drug-likeness (QED) is 0.852. The number of benzene rings is 1. The van der Waals surface area contributed by atoms with Crippen LogP contribution >= 0.6 is 27.3 Å². The summed E-state index contributed by atoms with van der Waals surface area (Å²) in [5.74, 6) is 1.77. The predicted octanol–water partition coefficient (Wildman–Crippen LogP) is 3.52. The van der Waals surface area contributed by atoms with E-state index in [1.54, 1.807) is 11.3 Å². The minimum Gasteiger partial charge on any atom is -0.486 e. The summed E-state index contributed by atoms with van der Waals surface area (Å²) >= 11 is 5.32. The molecule has 1 N–H and O–H groups in total. The molecule has 2 aromatic rings. The Bertz CT molecular complexity index is 655. The summed E-state index contributed by atoms with van der Waals surface area (Å²) in [7, 11) is 0. The molecule has 3 nitrogen and oxygen atoms in total. The smallest absolute Gasteiger partial charge is 0.161 e. The maximum atomic E-state index is 5.72. The third-order valence-corrected chi connectivity index (χ3v) is 5.42. The molecular formula is C15H14BrNO2S. The van der Waals surface area contributed by atoms with E-state index in [-0.39, 0.29) is 6.04 Å². The molecule has 104 valence electrons. The van der Waals surface area contributed by atoms with E-state index in [2.05, 4.69) is 45.5 Å². The average Bonchev–Trinajstić information content (AvgIpc) is 2.91. The molecular weight excluding hydrogens is 338 g/mol. The maximum Gasteiger partial charge on any atom is 0.161 e. The zero-order valence-corrected chi connectivity index (χ0v) is 13.2. The van der Waals surface area contributed by atoms with Gasteiger partial charge in [0.1, 0.15) is 13.2 Å². The van der Waals surface area contributed by atoms with Crippen LogP contribution in [0.1, 0.15) is 22.0 Å². The highest BCUT2D eigenvalue weighted by Crippen LogP contribution is 2.40. The van der Waals surface area contributed by atoms with Crippen molar-refractivity contribution in [2.24, 2.45) is 0 Å². The Labute approximate surface area is 130 Å². The van der Waals surface area contributed by atoms with Gasteiger partial charge in [-0.25, -0.2) is 0 Å². The van der Waals surface area contributed by atoms with Crippen molar-refractivity contribution in [1.82, 2.24) is 5.32 Å². The first kappa shape index (κ1) is 12.7. The van der Waals surface area contributed by atoms with Crippen molar-refractivity contribution in [2.45, 2.75) is 12.5 Å². The van der Waals surface area contributed by atoms with Crippen LogP contribution in [0.5, 0.6) is 11.5 Å². The molecule has 0 aliphatic carbocycles. The largest absolute Gasteiger partial charge is 0.486 e. The molecule has 4 rings (SSSR count). The fourth-order valence-electron chi connectivity index (χ4n) is 2.83. The predicted molar refractivity (Wildman–Crippen MR) is 83.0 cm³/mol. The summed E-state index contributed by atoms with van der Waals surface area (Å²) in [4.78, 5) is 1.33. The van der Waals surface area contributed by atoms with Gasteiger partial charge in [0.15, 0.2) is 11.5 Å². The van der Waals surface area contributed by atoms with Crippen LogP contribution in [0.4, 0.5) is 0 Å². The molecule has 20 heavy (non-hydrogen) atoms. The number of hydrogen-bond donors (Lipinski definition) is 1. The normalized spacial score (nSPS) is 20.6. The number of ether oxygens (including phenoxy) is 2. The van der Waals surface area contributed by atoms with Crippen LogP contribution in [0.15, 0.2) is 28.1 Å². The summed E-state index contributed by atoms with van der Waals surface area (Å²) in [5, 5.41) is 3.60. The van der Waals surface area contributed by atoms with Crippen LogP contribution in [0, 0.1) is 0 Å². The lowest BCUT2D eigenvalue weighted by molar-refractivity contribution is 0.171. The number of halogens is 1. The van der Waals surface area contributed by atoms with Crippen molar-refractivity contribution < 1.29 is 9.47 Å². The third kappa shape index (κ3) is 2.14. The molecule has 0 saturated heterocycles. The number of rotatable bonds is 1. The van der Waals surface area contributed by atoms with E-state index in [9.17, 15) is 0 Å². The molecule has 3 heterocycles. The number of fused-ring (bicyclic) bond motifs is 2. The van der Waals surface area contributed by atoms with Crippen molar-refractivity contribution in [3.8, 4) is 11.5 Å². The Morgan fingerprint density at radius 2 is 1.95 bits per heavy atom. The van der Waals surface area contributed by atoms with Gasteiger partial charge in [-0.15, -0.1) is 11.3 Å².